The fourth-order valence-corrected chi connectivity index (χ4v) is 2.40. The zero-order valence-electron chi connectivity index (χ0n) is 15.5. The number of aliphatic imine (C=N–C) groups is 1. The molecular formula is C20H26FN3O2. The Kier molecular flexibility index (Phi) is 7.89. The van der Waals surface area contributed by atoms with Crippen LogP contribution in [-0.4, -0.2) is 33.3 Å². The lowest BCUT2D eigenvalue weighted by Gasteiger charge is -2.13. The molecule has 0 saturated heterocycles. The maximum Gasteiger partial charge on any atom is 0.191 e. The molecule has 0 bridgehead atoms. The summed E-state index contributed by atoms with van der Waals surface area (Å²) in [6, 6.07) is 13.0. The van der Waals surface area contributed by atoms with Crippen LogP contribution < -0.4 is 15.4 Å². The molecule has 140 valence electrons. The van der Waals surface area contributed by atoms with Crippen molar-refractivity contribution < 1.29 is 13.9 Å². The number of benzene rings is 2. The van der Waals surface area contributed by atoms with E-state index in [1.807, 2.05) is 30.3 Å². The highest BCUT2D eigenvalue weighted by molar-refractivity contribution is 5.79. The third-order valence-corrected chi connectivity index (χ3v) is 3.91. The van der Waals surface area contributed by atoms with Crippen molar-refractivity contribution in [3.8, 4) is 5.75 Å². The number of nitrogens with one attached hydrogen (secondary N) is 2. The van der Waals surface area contributed by atoms with E-state index < -0.39 is 0 Å². The molecule has 0 radical (unpaired) electrons. The van der Waals surface area contributed by atoms with Gasteiger partial charge < -0.3 is 20.1 Å². The van der Waals surface area contributed by atoms with Gasteiger partial charge in [0.15, 0.2) is 5.96 Å². The summed E-state index contributed by atoms with van der Waals surface area (Å²) in [4.78, 5) is 4.15. The Morgan fingerprint density at radius 1 is 1.15 bits per heavy atom. The normalized spacial score (nSPS) is 11.3. The highest BCUT2D eigenvalue weighted by Gasteiger charge is 2.03. The van der Waals surface area contributed by atoms with E-state index in [0.29, 0.717) is 37.8 Å². The van der Waals surface area contributed by atoms with Crippen LogP contribution in [0.2, 0.25) is 0 Å². The largest absolute Gasteiger partial charge is 0.496 e. The monoisotopic (exact) mass is 359 g/mol. The van der Waals surface area contributed by atoms with E-state index in [4.69, 9.17) is 9.47 Å². The zero-order valence-corrected chi connectivity index (χ0v) is 15.5. The highest BCUT2D eigenvalue weighted by Crippen LogP contribution is 2.17. The lowest BCUT2D eigenvalue weighted by Crippen LogP contribution is -2.38. The van der Waals surface area contributed by atoms with Crippen molar-refractivity contribution in [3.63, 3.8) is 0 Å². The van der Waals surface area contributed by atoms with E-state index in [1.165, 1.54) is 6.07 Å². The SMILES string of the molecule is CN=C(NCCOCc1ccccc1OC)NCc1ccc(C)c(F)c1. The summed E-state index contributed by atoms with van der Waals surface area (Å²) in [5, 5.41) is 6.33. The molecule has 0 aliphatic rings. The molecule has 0 saturated carbocycles. The molecule has 0 aliphatic heterocycles. The predicted molar refractivity (Wildman–Crippen MR) is 102 cm³/mol. The molecule has 26 heavy (non-hydrogen) atoms. The third kappa shape index (κ3) is 6.04. The molecule has 2 aromatic carbocycles. The van der Waals surface area contributed by atoms with Gasteiger partial charge in [0.2, 0.25) is 0 Å². The molecule has 2 N–H and O–H groups in total. The summed E-state index contributed by atoms with van der Waals surface area (Å²) in [5.74, 6) is 1.27. The van der Waals surface area contributed by atoms with Gasteiger partial charge >= 0.3 is 0 Å². The van der Waals surface area contributed by atoms with Gasteiger partial charge in [0, 0.05) is 25.7 Å². The maximum atomic E-state index is 13.6. The second-order valence-corrected chi connectivity index (χ2v) is 5.80. The summed E-state index contributed by atoms with van der Waals surface area (Å²) < 4.78 is 24.5. The van der Waals surface area contributed by atoms with Crippen LogP contribution in [0.15, 0.2) is 47.5 Å². The van der Waals surface area contributed by atoms with Crippen molar-refractivity contribution in [3.05, 3.63) is 65.0 Å². The number of aryl methyl sites for hydroxylation is 1. The number of rotatable bonds is 8. The molecule has 2 aromatic rings. The Balaban J connectivity index is 1.69. The van der Waals surface area contributed by atoms with Gasteiger partial charge in [0.25, 0.3) is 0 Å². The Morgan fingerprint density at radius 3 is 2.69 bits per heavy atom. The first-order valence-electron chi connectivity index (χ1n) is 8.53. The second kappa shape index (κ2) is 10.4. The standard InChI is InChI=1S/C20H26FN3O2/c1-15-8-9-16(12-18(15)21)13-24-20(22-2)23-10-11-26-14-17-6-4-5-7-19(17)25-3/h4-9,12H,10-11,13-14H2,1-3H3,(H2,22,23,24). The van der Waals surface area contributed by atoms with Gasteiger partial charge in [-0.05, 0) is 30.2 Å². The molecule has 0 atom stereocenters. The van der Waals surface area contributed by atoms with Gasteiger partial charge in [0.1, 0.15) is 11.6 Å². The minimum atomic E-state index is -0.197. The van der Waals surface area contributed by atoms with E-state index in [1.54, 1.807) is 27.1 Å². The molecular weight excluding hydrogens is 333 g/mol. The molecule has 6 heteroatoms. The van der Waals surface area contributed by atoms with Gasteiger partial charge in [0.05, 0.1) is 20.3 Å². The minimum absolute atomic E-state index is 0.197. The van der Waals surface area contributed by atoms with Crippen LogP contribution >= 0.6 is 0 Å². The van der Waals surface area contributed by atoms with E-state index in [-0.39, 0.29) is 5.82 Å². The van der Waals surface area contributed by atoms with Crippen LogP contribution in [0, 0.1) is 12.7 Å². The number of ether oxygens (including phenoxy) is 2. The summed E-state index contributed by atoms with van der Waals surface area (Å²) in [5.41, 5.74) is 2.52. The minimum Gasteiger partial charge on any atom is -0.496 e. The van der Waals surface area contributed by atoms with Crippen molar-refractivity contribution in [2.24, 2.45) is 4.99 Å². The van der Waals surface area contributed by atoms with Crippen LogP contribution in [0.5, 0.6) is 5.75 Å². The fraction of sp³-hybridized carbons (Fsp3) is 0.350. The average Bonchev–Trinajstić information content (AvgIpc) is 2.67. The van der Waals surface area contributed by atoms with E-state index in [9.17, 15) is 4.39 Å². The summed E-state index contributed by atoms with van der Waals surface area (Å²) in [6.45, 7) is 3.87. The third-order valence-electron chi connectivity index (χ3n) is 3.91. The van der Waals surface area contributed by atoms with Crippen LogP contribution in [0.3, 0.4) is 0 Å². The Labute approximate surface area is 154 Å². The van der Waals surface area contributed by atoms with Gasteiger partial charge in [-0.3, -0.25) is 4.99 Å². The van der Waals surface area contributed by atoms with E-state index in [2.05, 4.69) is 15.6 Å². The number of nitrogens with zero attached hydrogens (tertiary/aromatic N) is 1. The van der Waals surface area contributed by atoms with Gasteiger partial charge in [-0.1, -0.05) is 30.3 Å². The Hall–Kier alpha value is -2.60. The molecule has 0 fully saturated rings. The van der Waals surface area contributed by atoms with Crippen LogP contribution in [0.4, 0.5) is 4.39 Å². The van der Waals surface area contributed by atoms with Crippen LogP contribution in [0.1, 0.15) is 16.7 Å². The smallest absolute Gasteiger partial charge is 0.191 e. The van der Waals surface area contributed by atoms with Crippen molar-refractivity contribution in [2.45, 2.75) is 20.1 Å². The molecule has 0 aromatic heterocycles. The van der Waals surface area contributed by atoms with Gasteiger partial charge in [-0.25, -0.2) is 4.39 Å². The first-order valence-corrected chi connectivity index (χ1v) is 8.53. The van der Waals surface area contributed by atoms with Gasteiger partial charge in [-0.15, -0.1) is 0 Å². The van der Waals surface area contributed by atoms with E-state index in [0.717, 1.165) is 16.9 Å². The molecule has 0 spiro atoms. The topological polar surface area (TPSA) is 54.9 Å². The summed E-state index contributed by atoms with van der Waals surface area (Å²) >= 11 is 0. The van der Waals surface area contributed by atoms with Crippen LogP contribution in [-0.2, 0) is 17.9 Å². The van der Waals surface area contributed by atoms with Gasteiger partial charge in [-0.2, -0.15) is 0 Å². The van der Waals surface area contributed by atoms with Crippen molar-refractivity contribution in [1.82, 2.24) is 10.6 Å². The summed E-state index contributed by atoms with van der Waals surface area (Å²) in [6.07, 6.45) is 0. The predicted octanol–water partition coefficient (Wildman–Crippen LogP) is 3.02. The highest BCUT2D eigenvalue weighted by atomic mass is 19.1. The number of methoxy groups -OCH3 is 1. The quantitative estimate of drug-likeness (QED) is 0.432. The summed E-state index contributed by atoms with van der Waals surface area (Å²) in [7, 11) is 3.34. The number of halogens is 1. The second-order valence-electron chi connectivity index (χ2n) is 5.80. The number of para-hydroxylation sites is 1. The first-order chi connectivity index (χ1) is 12.6. The molecule has 5 nitrogen and oxygen atoms in total. The number of hydrogen-bond acceptors (Lipinski definition) is 3. The fourth-order valence-electron chi connectivity index (χ4n) is 2.40. The number of guanidine groups is 1. The Morgan fingerprint density at radius 2 is 1.96 bits per heavy atom. The average molecular weight is 359 g/mol. The van der Waals surface area contributed by atoms with Crippen molar-refractivity contribution in [2.75, 3.05) is 27.3 Å². The lowest BCUT2D eigenvalue weighted by molar-refractivity contribution is 0.123. The zero-order chi connectivity index (χ0) is 18.8. The lowest BCUT2D eigenvalue weighted by atomic mass is 10.1. The Bertz CT molecular complexity index is 735. The number of hydrogen-bond donors (Lipinski definition) is 2. The van der Waals surface area contributed by atoms with E-state index >= 15 is 0 Å². The van der Waals surface area contributed by atoms with Crippen molar-refractivity contribution >= 4 is 5.96 Å². The molecule has 0 heterocycles. The maximum absolute atomic E-state index is 13.6. The molecule has 0 amide bonds. The molecule has 0 aliphatic carbocycles. The van der Waals surface area contributed by atoms with Crippen LogP contribution in [0.25, 0.3) is 0 Å². The molecule has 2 rings (SSSR count). The van der Waals surface area contributed by atoms with Crippen molar-refractivity contribution in [1.29, 1.82) is 0 Å². The molecule has 0 unspecified atom stereocenters. The first kappa shape index (κ1) is 19.7.